The fourth-order valence-electron chi connectivity index (χ4n) is 4.70. The maximum absolute atomic E-state index is 13.1. The van der Waals surface area contributed by atoms with Gasteiger partial charge in [-0.3, -0.25) is 0 Å². The number of rotatable bonds is 3. The van der Waals surface area contributed by atoms with Crippen LogP contribution in [0.2, 0.25) is 0 Å². The molecule has 0 atom stereocenters. The summed E-state index contributed by atoms with van der Waals surface area (Å²) in [5.74, 6) is 1.72. The molecular weight excluding hydrogens is 424 g/mol. The summed E-state index contributed by atoms with van der Waals surface area (Å²) in [6.07, 6.45) is 5.47. The van der Waals surface area contributed by atoms with Gasteiger partial charge in [-0.1, -0.05) is 49.2 Å². The van der Waals surface area contributed by atoms with Gasteiger partial charge in [0.05, 0.1) is 23.9 Å². The zero-order valence-corrected chi connectivity index (χ0v) is 19.2. The van der Waals surface area contributed by atoms with Crippen molar-refractivity contribution in [2.75, 3.05) is 29.9 Å². The first kappa shape index (κ1) is 21.9. The monoisotopic (exact) mass is 452 g/mol. The van der Waals surface area contributed by atoms with Crippen molar-refractivity contribution in [3.8, 4) is 17.5 Å². The van der Waals surface area contributed by atoms with Crippen molar-refractivity contribution in [1.29, 1.82) is 5.26 Å². The molecular formula is C27H28N6O. The van der Waals surface area contributed by atoms with Crippen LogP contribution in [0.15, 0.2) is 54.6 Å². The summed E-state index contributed by atoms with van der Waals surface area (Å²) >= 11 is 0. The maximum Gasteiger partial charge on any atom is 0.322 e. The van der Waals surface area contributed by atoms with Crippen LogP contribution in [0, 0.1) is 11.3 Å². The summed E-state index contributed by atoms with van der Waals surface area (Å²) in [4.78, 5) is 27.3. The second-order valence-electron chi connectivity index (χ2n) is 8.86. The van der Waals surface area contributed by atoms with Gasteiger partial charge in [-0.05, 0) is 31.0 Å². The molecule has 0 aliphatic carbocycles. The van der Waals surface area contributed by atoms with Crippen LogP contribution in [-0.4, -0.2) is 40.5 Å². The number of carbonyl (C=O) groups is 1. The van der Waals surface area contributed by atoms with Crippen LogP contribution >= 0.6 is 0 Å². The molecule has 1 fully saturated rings. The molecule has 2 amide bonds. The zero-order chi connectivity index (χ0) is 23.3. The number of amides is 2. The number of anilines is 2. The van der Waals surface area contributed by atoms with Crippen molar-refractivity contribution in [2.45, 2.75) is 38.6 Å². The molecule has 172 valence electrons. The summed E-state index contributed by atoms with van der Waals surface area (Å²) < 4.78 is 0. The summed E-state index contributed by atoms with van der Waals surface area (Å²) in [5, 5.41) is 12.1. The van der Waals surface area contributed by atoms with E-state index in [9.17, 15) is 4.79 Å². The maximum atomic E-state index is 13.1. The van der Waals surface area contributed by atoms with Gasteiger partial charge in [0.25, 0.3) is 0 Å². The summed E-state index contributed by atoms with van der Waals surface area (Å²) in [5.41, 5.74) is 4.24. The van der Waals surface area contributed by atoms with E-state index in [2.05, 4.69) is 16.3 Å². The van der Waals surface area contributed by atoms with Crippen LogP contribution < -0.4 is 10.2 Å². The van der Waals surface area contributed by atoms with Crippen LogP contribution in [-0.2, 0) is 13.0 Å². The van der Waals surface area contributed by atoms with Gasteiger partial charge in [0.15, 0.2) is 5.82 Å². The molecule has 3 aromatic rings. The lowest BCUT2D eigenvalue weighted by atomic mass is 10.0. The second-order valence-corrected chi connectivity index (χ2v) is 8.86. The molecule has 7 nitrogen and oxygen atoms in total. The van der Waals surface area contributed by atoms with Crippen molar-refractivity contribution in [2.24, 2.45) is 0 Å². The topological polar surface area (TPSA) is 85.2 Å². The third-order valence-electron chi connectivity index (χ3n) is 6.51. The molecule has 0 spiro atoms. The first-order chi connectivity index (χ1) is 16.7. The fraction of sp³-hybridized carbons (Fsp3) is 0.333. The predicted octanol–water partition coefficient (Wildman–Crippen LogP) is 4.99. The van der Waals surface area contributed by atoms with Gasteiger partial charge in [0, 0.05) is 42.9 Å². The standard InChI is InChI=1S/C27H28N6O/c28-18-20-9-8-12-22(17-20)29-27(34)33-16-13-24-23(19-33)26(32-14-6-1-2-7-15-32)31-25(30-24)21-10-4-3-5-11-21/h3-5,8-12,17H,1-2,6-7,13-16,19H2,(H,29,34). The van der Waals surface area contributed by atoms with E-state index in [0.29, 0.717) is 30.8 Å². The van der Waals surface area contributed by atoms with Gasteiger partial charge in [-0.25, -0.2) is 14.8 Å². The molecule has 2 aliphatic rings. The van der Waals surface area contributed by atoms with Gasteiger partial charge >= 0.3 is 6.03 Å². The Morgan fingerprint density at radius 2 is 1.74 bits per heavy atom. The highest BCUT2D eigenvalue weighted by molar-refractivity contribution is 5.89. The number of aromatic nitrogens is 2. The first-order valence-electron chi connectivity index (χ1n) is 12.0. The number of fused-ring (bicyclic) bond motifs is 1. The van der Waals surface area contributed by atoms with Gasteiger partial charge in [0.1, 0.15) is 5.82 Å². The van der Waals surface area contributed by atoms with E-state index in [1.54, 1.807) is 24.3 Å². The highest BCUT2D eigenvalue weighted by Crippen LogP contribution is 2.31. The molecule has 2 aromatic carbocycles. The Labute approximate surface area is 200 Å². The Balaban J connectivity index is 1.45. The highest BCUT2D eigenvalue weighted by atomic mass is 16.2. The number of carbonyl (C=O) groups excluding carboxylic acids is 1. The van der Waals surface area contributed by atoms with Gasteiger partial charge in [0.2, 0.25) is 0 Å². The van der Waals surface area contributed by atoms with Crippen molar-refractivity contribution >= 4 is 17.5 Å². The Bertz CT molecular complexity index is 1210. The molecule has 1 N–H and O–H groups in total. The highest BCUT2D eigenvalue weighted by Gasteiger charge is 2.28. The Kier molecular flexibility index (Phi) is 6.39. The molecule has 5 rings (SSSR count). The lowest BCUT2D eigenvalue weighted by Gasteiger charge is -2.33. The number of nitrogens with zero attached hydrogens (tertiary/aromatic N) is 5. The van der Waals surface area contributed by atoms with Gasteiger partial charge < -0.3 is 15.1 Å². The molecule has 0 bridgehead atoms. The van der Waals surface area contributed by atoms with E-state index >= 15 is 0 Å². The Hall–Kier alpha value is -3.92. The molecule has 0 radical (unpaired) electrons. The van der Waals surface area contributed by atoms with Crippen LogP contribution in [0.25, 0.3) is 11.4 Å². The summed E-state index contributed by atoms with van der Waals surface area (Å²) in [7, 11) is 0. The third kappa shape index (κ3) is 4.72. The lowest BCUT2D eigenvalue weighted by Crippen LogP contribution is -2.40. The van der Waals surface area contributed by atoms with E-state index in [-0.39, 0.29) is 6.03 Å². The molecule has 0 saturated carbocycles. The Morgan fingerprint density at radius 1 is 0.941 bits per heavy atom. The van der Waals surface area contributed by atoms with Crippen LogP contribution in [0.5, 0.6) is 0 Å². The van der Waals surface area contributed by atoms with Crippen molar-refractivity contribution in [1.82, 2.24) is 14.9 Å². The normalized spacial score (nSPS) is 15.7. The number of hydrogen-bond donors (Lipinski definition) is 1. The number of hydrogen-bond acceptors (Lipinski definition) is 5. The average Bonchev–Trinajstić information content (AvgIpc) is 3.18. The minimum Gasteiger partial charge on any atom is -0.356 e. The molecule has 1 saturated heterocycles. The SMILES string of the molecule is N#Cc1cccc(NC(=O)N2CCc3nc(-c4ccccc4)nc(N4CCCCCC4)c3C2)c1. The van der Waals surface area contributed by atoms with Gasteiger partial charge in [-0.15, -0.1) is 0 Å². The van der Waals surface area contributed by atoms with E-state index in [4.69, 9.17) is 15.2 Å². The lowest BCUT2D eigenvalue weighted by molar-refractivity contribution is 0.206. The minimum absolute atomic E-state index is 0.172. The quantitative estimate of drug-likeness (QED) is 0.605. The molecule has 3 heterocycles. The Morgan fingerprint density at radius 3 is 2.50 bits per heavy atom. The largest absolute Gasteiger partial charge is 0.356 e. The molecule has 1 aromatic heterocycles. The van der Waals surface area contributed by atoms with Gasteiger partial charge in [-0.2, -0.15) is 5.26 Å². The predicted molar refractivity (Wildman–Crippen MR) is 132 cm³/mol. The molecule has 34 heavy (non-hydrogen) atoms. The van der Waals surface area contributed by atoms with Crippen LogP contribution in [0.3, 0.4) is 0 Å². The number of urea groups is 1. The molecule has 2 aliphatic heterocycles. The third-order valence-corrected chi connectivity index (χ3v) is 6.51. The van der Waals surface area contributed by atoms with Crippen molar-refractivity contribution < 1.29 is 4.79 Å². The molecule has 7 heteroatoms. The summed E-state index contributed by atoms with van der Waals surface area (Å²) in [6, 6.07) is 19.0. The van der Waals surface area contributed by atoms with Crippen LogP contribution in [0.1, 0.15) is 42.5 Å². The zero-order valence-electron chi connectivity index (χ0n) is 19.2. The van der Waals surface area contributed by atoms with Crippen molar-refractivity contribution in [3.05, 3.63) is 71.4 Å². The average molecular weight is 453 g/mol. The summed E-state index contributed by atoms with van der Waals surface area (Å²) in [6.45, 7) is 3.01. The first-order valence-corrected chi connectivity index (χ1v) is 12.0. The number of benzene rings is 2. The van der Waals surface area contributed by atoms with E-state index in [1.807, 2.05) is 35.2 Å². The second kappa shape index (κ2) is 9.92. The van der Waals surface area contributed by atoms with Crippen LogP contribution in [0.4, 0.5) is 16.3 Å². The van der Waals surface area contributed by atoms with E-state index in [0.717, 1.165) is 54.4 Å². The number of nitriles is 1. The smallest absolute Gasteiger partial charge is 0.322 e. The van der Waals surface area contributed by atoms with Crippen molar-refractivity contribution in [3.63, 3.8) is 0 Å². The minimum atomic E-state index is -0.172. The van der Waals surface area contributed by atoms with E-state index < -0.39 is 0 Å². The fourth-order valence-corrected chi connectivity index (χ4v) is 4.70. The molecule has 0 unspecified atom stereocenters. The number of nitrogens with one attached hydrogen (secondary N) is 1. The van der Waals surface area contributed by atoms with E-state index in [1.165, 1.54) is 12.8 Å².